The number of aromatic nitrogens is 3. The van der Waals surface area contributed by atoms with Crippen molar-refractivity contribution in [2.24, 2.45) is 0 Å². The van der Waals surface area contributed by atoms with E-state index < -0.39 is 6.10 Å². The van der Waals surface area contributed by atoms with E-state index in [4.69, 9.17) is 0 Å². The molecule has 0 radical (unpaired) electrons. The van der Waals surface area contributed by atoms with Crippen LogP contribution in [0.15, 0.2) is 12.4 Å². The molecule has 0 aliphatic carbocycles. The van der Waals surface area contributed by atoms with Crippen molar-refractivity contribution >= 4 is 17.2 Å². The van der Waals surface area contributed by atoms with Gasteiger partial charge in [-0.2, -0.15) is 0 Å². The third-order valence-electron chi connectivity index (χ3n) is 2.32. The van der Waals surface area contributed by atoms with Crippen molar-refractivity contribution in [2.45, 2.75) is 20.0 Å². The van der Waals surface area contributed by atoms with Crippen molar-refractivity contribution in [2.75, 3.05) is 12.4 Å². The van der Waals surface area contributed by atoms with Gasteiger partial charge in [-0.1, -0.05) is 0 Å². The van der Waals surface area contributed by atoms with Crippen molar-refractivity contribution in [1.29, 1.82) is 0 Å². The highest BCUT2D eigenvalue weighted by molar-refractivity contribution is 7.15. The van der Waals surface area contributed by atoms with Gasteiger partial charge in [0.05, 0.1) is 29.1 Å². The molecule has 5 nitrogen and oxygen atoms in total. The Kier molecular flexibility index (Phi) is 3.35. The highest BCUT2D eigenvalue weighted by atomic mass is 32.1. The Morgan fingerprint density at radius 2 is 2.12 bits per heavy atom. The zero-order valence-electron chi connectivity index (χ0n) is 9.93. The molecule has 0 spiro atoms. The molecule has 90 valence electrons. The number of hydrogen-bond acceptors (Lipinski definition) is 6. The molecule has 0 saturated carbocycles. The Morgan fingerprint density at radius 3 is 2.71 bits per heavy atom. The van der Waals surface area contributed by atoms with Gasteiger partial charge in [-0.05, 0) is 13.8 Å². The Morgan fingerprint density at radius 1 is 1.35 bits per heavy atom. The van der Waals surface area contributed by atoms with Crippen LogP contribution in [0.4, 0.5) is 5.82 Å². The van der Waals surface area contributed by atoms with Crippen LogP contribution in [-0.2, 0) is 0 Å². The predicted molar refractivity (Wildman–Crippen MR) is 68.1 cm³/mol. The second-order valence-electron chi connectivity index (χ2n) is 3.68. The third kappa shape index (κ3) is 2.42. The molecule has 2 heterocycles. The average molecular weight is 250 g/mol. The maximum absolute atomic E-state index is 9.59. The Bertz CT molecular complexity index is 524. The van der Waals surface area contributed by atoms with Crippen LogP contribution in [0.3, 0.4) is 0 Å². The lowest BCUT2D eigenvalue weighted by atomic mass is 10.3. The van der Waals surface area contributed by atoms with Gasteiger partial charge >= 0.3 is 0 Å². The van der Waals surface area contributed by atoms with E-state index in [1.807, 2.05) is 6.92 Å². The standard InChI is InChI=1S/C11H14N4OS/c1-6-10(7(2)16)17-11(14-6)8-4-13-5-9(12-3)15-8/h4-5,7,16H,1-3H3,(H,12,15). The molecule has 6 heteroatoms. The summed E-state index contributed by atoms with van der Waals surface area (Å²) in [4.78, 5) is 13.7. The van der Waals surface area contributed by atoms with E-state index in [9.17, 15) is 5.11 Å². The van der Waals surface area contributed by atoms with Crippen molar-refractivity contribution in [3.8, 4) is 10.7 Å². The summed E-state index contributed by atoms with van der Waals surface area (Å²) < 4.78 is 0. The number of aliphatic hydroxyl groups excluding tert-OH is 1. The van der Waals surface area contributed by atoms with Crippen LogP contribution < -0.4 is 5.32 Å². The lowest BCUT2D eigenvalue weighted by Gasteiger charge is -2.00. The molecule has 1 atom stereocenters. The van der Waals surface area contributed by atoms with Crippen LogP contribution in [0.25, 0.3) is 10.7 Å². The highest BCUT2D eigenvalue weighted by Crippen LogP contribution is 2.30. The van der Waals surface area contributed by atoms with Crippen LogP contribution in [0.5, 0.6) is 0 Å². The van der Waals surface area contributed by atoms with Crippen LogP contribution in [-0.4, -0.2) is 27.1 Å². The molecule has 2 aromatic rings. The van der Waals surface area contributed by atoms with Crippen LogP contribution in [0, 0.1) is 6.92 Å². The fraction of sp³-hybridized carbons (Fsp3) is 0.364. The van der Waals surface area contributed by atoms with Crippen molar-refractivity contribution < 1.29 is 5.11 Å². The largest absolute Gasteiger partial charge is 0.388 e. The monoisotopic (exact) mass is 250 g/mol. The smallest absolute Gasteiger partial charge is 0.145 e. The second kappa shape index (κ2) is 4.77. The van der Waals surface area contributed by atoms with E-state index in [0.29, 0.717) is 5.82 Å². The van der Waals surface area contributed by atoms with Gasteiger partial charge < -0.3 is 10.4 Å². The summed E-state index contributed by atoms with van der Waals surface area (Å²) in [6.45, 7) is 3.62. The topological polar surface area (TPSA) is 70.9 Å². The molecule has 0 amide bonds. The van der Waals surface area contributed by atoms with Gasteiger partial charge in [0, 0.05) is 7.05 Å². The van der Waals surface area contributed by atoms with E-state index in [0.717, 1.165) is 21.3 Å². The second-order valence-corrected chi connectivity index (χ2v) is 4.71. The number of nitrogens with one attached hydrogen (secondary N) is 1. The molecule has 0 aliphatic rings. The Hall–Kier alpha value is -1.53. The van der Waals surface area contributed by atoms with E-state index in [1.165, 1.54) is 11.3 Å². The molecule has 1 unspecified atom stereocenters. The number of thiazole rings is 1. The zero-order chi connectivity index (χ0) is 12.4. The zero-order valence-corrected chi connectivity index (χ0v) is 10.7. The minimum atomic E-state index is -0.498. The molecule has 0 bridgehead atoms. The Labute approximate surface area is 104 Å². The van der Waals surface area contributed by atoms with Gasteiger partial charge in [0.25, 0.3) is 0 Å². The van der Waals surface area contributed by atoms with Gasteiger partial charge in [0.1, 0.15) is 16.5 Å². The molecule has 0 fully saturated rings. The fourth-order valence-electron chi connectivity index (χ4n) is 1.49. The third-order valence-corrected chi connectivity index (χ3v) is 3.67. The van der Waals surface area contributed by atoms with Crippen LogP contribution >= 0.6 is 11.3 Å². The first-order valence-corrected chi connectivity index (χ1v) is 6.09. The van der Waals surface area contributed by atoms with Gasteiger partial charge in [-0.15, -0.1) is 11.3 Å². The summed E-state index contributed by atoms with van der Waals surface area (Å²) in [5, 5.41) is 13.3. The fourth-order valence-corrected chi connectivity index (χ4v) is 2.45. The van der Waals surface area contributed by atoms with Gasteiger partial charge in [0.15, 0.2) is 0 Å². The molecule has 0 aliphatic heterocycles. The number of anilines is 1. The predicted octanol–water partition coefficient (Wildman–Crippen LogP) is 2.00. The number of aliphatic hydroxyl groups is 1. The molecule has 2 aromatic heterocycles. The minimum Gasteiger partial charge on any atom is -0.388 e. The summed E-state index contributed by atoms with van der Waals surface area (Å²) >= 11 is 1.45. The van der Waals surface area contributed by atoms with Gasteiger partial charge in [-0.3, -0.25) is 4.98 Å². The summed E-state index contributed by atoms with van der Waals surface area (Å²) in [6.07, 6.45) is 2.83. The van der Waals surface area contributed by atoms with E-state index in [2.05, 4.69) is 20.3 Å². The SMILES string of the molecule is CNc1cncc(-c2nc(C)c(C(C)O)s2)n1. The van der Waals surface area contributed by atoms with Crippen LogP contribution in [0.2, 0.25) is 0 Å². The first-order chi connectivity index (χ1) is 8.11. The first kappa shape index (κ1) is 11.9. The maximum Gasteiger partial charge on any atom is 0.145 e. The lowest BCUT2D eigenvalue weighted by Crippen LogP contribution is -1.94. The van der Waals surface area contributed by atoms with Gasteiger partial charge in [0.2, 0.25) is 0 Å². The lowest BCUT2D eigenvalue weighted by molar-refractivity contribution is 0.202. The molecule has 2 rings (SSSR count). The molecule has 2 N–H and O–H groups in total. The summed E-state index contributed by atoms with van der Waals surface area (Å²) in [7, 11) is 1.79. The average Bonchev–Trinajstić information content (AvgIpc) is 2.71. The quantitative estimate of drug-likeness (QED) is 0.872. The Balaban J connectivity index is 2.42. The van der Waals surface area contributed by atoms with E-state index >= 15 is 0 Å². The van der Waals surface area contributed by atoms with Crippen molar-refractivity contribution in [3.63, 3.8) is 0 Å². The molecule has 0 aromatic carbocycles. The van der Waals surface area contributed by atoms with Crippen molar-refractivity contribution in [3.05, 3.63) is 23.0 Å². The normalized spacial score (nSPS) is 12.5. The molecule has 17 heavy (non-hydrogen) atoms. The molecular weight excluding hydrogens is 236 g/mol. The molecule has 0 saturated heterocycles. The first-order valence-electron chi connectivity index (χ1n) is 5.27. The number of aryl methyl sites for hydroxylation is 1. The summed E-state index contributed by atoms with van der Waals surface area (Å²) in [5.41, 5.74) is 1.56. The number of rotatable bonds is 3. The maximum atomic E-state index is 9.59. The van der Waals surface area contributed by atoms with Crippen molar-refractivity contribution in [1.82, 2.24) is 15.0 Å². The summed E-state index contributed by atoms with van der Waals surface area (Å²) in [6, 6.07) is 0. The summed E-state index contributed by atoms with van der Waals surface area (Å²) in [5.74, 6) is 0.703. The minimum absolute atomic E-state index is 0.498. The van der Waals surface area contributed by atoms with Gasteiger partial charge in [-0.25, -0.2) is 9.97 Å². The number of nitrogens with zero attached hydrogens (tertiary/aromatic N) is 3. The number of hydrogen-bond donors (Lipinski definition) is 2. The highest BCUT2D eigenvalue weighted by Gasteiger charge is 2.14. The molecular formula is C11H14N4OS. The van der Waals surface area contributed by atoms with E-state index in [1.54, 1.807) is 26.4 Å². The van der Waals surface area contributed by atoms with Crippen LogP contribution in [0.1, 0.15) is 23.6 Å². The van der Waals surface area contributed by atoms with E-state index in [-0.39, 0.29) is 0 Å².